The quantitative estimate of drug-likeness (QED) is 0.482. The first-order chi connectivity index (χ1) is 10.0. The molecule has 0 saturated heterocycles. The van der Waals surface area contributed by atoms with Gasteiger partial charge in [-0.3, -0.25) is 9.59 Å². The predicted molar refractivity (Wildman–Crippen MR) is 83.6 cm³/mol. The molecule has 21 heavy (non-hydrogen) atoms. The van der Waals surface area contributed by atoms with Crippen molar-refractivity contribution in [2.75, 3.05) is 11.2 Å². The number of unbranched alkanes of at least 4 members (excludes halogenated alkanes) is 2. The molecule has 4 N–H and O–H groups in total. The van der Waals surface area contributed by atoms with E-state index < -0.39 is 12.0 Å². The SMILES string of the molecule is NC(Cc1ccc(NC(=O)CCCCCCl)cc1)C(=O)O. The smallest absolute Gasteiger partial charge is 0.320 e. The van der Waals surface area contributed by atoms with Gasteiger partial charge < -0.3 is 16.2 Å². The second-order valence-electron chi connectivity index (χ2n) is 4.89. The van der Waals surface area contributed by atoms with Crippen LogP contribution in [0.2, 0.25) is 0 Å². The van der Waals surface area contributed by atoms with Gasteiger partial charge in [0.2, 0.25) is 5.91 Å². The van der Waals surface area contributed by atoms with Crippen LogP contribution >= 0.6 is 11.6 Å². The van der Waals surface area contributed by atoms with Crippen LogP contribution in [0.15, 0.2) is 24.3 Å². The van der Waals surface area contributed by atoms with Crippen molar-refractivity contribution in [1.29, 1.82) is 0 Å². The van der Waals surface area contributed by atoms with Crippen molar-refractivity contribution < 1.29 is 14.7 Å². The minimum atomic E-state index is -1.02. The molecule has 0 aliphatic heterocycles. The van der Waals surface area contributed by atoms with Gasteiger partial charge in [0.05, 0.1) is 0 Å². The number of amides is 1. The second kappa shape index (κ2) is 9.37. The molecule has 1 atom stereocenters. The standard InChI is InChI=1S/C15H21ClN2O3/c16-9-3-1-2-4-14(19)18-12-7-5-11(6-8-12)10-13(17)15(20)21/h5-8,13H,1-4,9-10,17H2,(H,18,19)(H,20,21). The fourth-order valence-electron chi connectivity index (χ4n) is 1.85. The summed E-state index contributed by atoms with van der Waals surface area (Å²) in [6.45, 7) is 0. The van der Waals surface area contributed by atoms with E-state index in [-0.39, 0.29) is 12.3 Å². The highest BCUT2D eigenvalue weighted by molar-refractivity contribution is 6.17. The Bertz CT molecular complexity index is 462. The van der Waals surface area contributed by atoms with Gasteiger partial charge in [-0.05, 0) is 37.0 Å². The van der Waals surface area contributed by atoms with Crippen LogP contribution in [0, 0.1) is 0 Å². The van der Waals surface area contributed by atoms with E-state index in [1.807, 2.05) is 0 Å². The molecule has 116 valence electrons. The van der Waals surface area contributed by atoms with Gasteiger partial charge in [0.15, 0.2) is 0 Å². The first kappa shape index (κ1) is 17.5. The Morgan fingerprint density at radius 3 is 2.43 bits per heavy atom. The van der Waals surface area contributed by atoms with Gasteiger partial charge in [-0.2, -0.15) is 0 Å². The van der Waals surface area contributed by atoms with Crippen LogP contribution in [0.25, 0.3) is 0 Å². The van der Waals surface area contributed by atoms with E-state index in [2.05, 4.69) is 5.32 Å². The second-order valence-corrected chi connectivity index (χ2v) is 5.27. The lowest BCUT2D eigenvalue weighted by molar-refractivity contribution is -0.138. The summed E-state index contributed by atoms with van der Waals surface area (Å²) in [6.07, 6.45) is 3.44. The maximum Gasteiger partial charge on any atom is 0.320 e. The Labute approximate surface area is 129 Å². The molecule has 0 heterocycles. The summed E-state index contributed by atoms with van der Waals surface area (Å²) >= 11 is 5.57. The lowest BCUT2D eigenvalue weighted by Gasteiger charge is -2.08. The molecule has 1 aromatic carbocycles. The number of carbonyl (C=O) groups excluding carboxylic acids is 1. The van der Waals surface area contributed by atoms with Crippen molar-refractivity contribution >= 4 is 29.2 Å². The first-order valence-electron chi connectivity index (χ1n) is 6.96. The number of hydrogen-bond acceptors (Lipinski definition) is 3. The Kier molecular flexibility index (Phi) is 7.79. The average Bonchev–Trinajstić information content (AvgIpc) is 2.45. The molecular formula is C15H21ClN2O3. The van der Waals surface area contributed by atoms with Gasteiger partial charge in [-0.1, -0.05) is 18.6 Å². The zero-order valence-electron chi connectivity index (χ0n) is 11.8. The number of carbonyl (C=O) groups is 2. The van der Waals surface area contributed by atoms with Gasteiger partial charge >= 0.3 is 5.97 Å². The molecule has 5 nitrogen and oxygen atoms in total. The maximum absolute atomic E-state index is 11.7. The molecule has 0 saturated carbocycles. The highest BCUT2D eigenvalue weighted by atomic mass is 35.5. The Morgan fingerprint density at radius 2 is 1.86 bits per heavy atom. The number of nitrogens with one attached hydrogen (secondary N) is 1. The average molecular weight is 313 g/mol. The van der Waals surface area contributed by atoms with Crippen molar-refractivity contribution in [2.45, 2.75) is 38.1 Å². The highest BCUT2D eigenvalue weighted by Crippen LogP contribution is 2.12. The number of alkyl halides is 1. The van der Waals surface area contributed by atoms with Gasteiger partial charge in [0.1, 0.15) is 6.04 Å². The number of benzene rings is 1. The number of rotatable bonds is 9. The van der Waals surface area contributed by atoms with Crippen LogP contribution in [0.1, 0.15) is 31.2 Å². The highest BCUT2D eigenvalue weighted by Gasteiger charge is 2.11. The van der Waals surface area contributed by atoms with Crippen LogP contribution < -0.4 is 11.1 Å². The summed E-state index contributed by atoms with van der Waals surface area (Å²) in [5.41, 5.74) is 6.99. The molecule has 1 aromatic rings. The van der Waals surface area contributed by atoms with Crippen LogP contribution in [0.3, 0.4) is 0 Å². The molecule has 6 heteroatoms. The minimum absolute atomic E-state index is 0.0282. The maximum atomic E-state index is 11.7. The topological polar surface area (TPSA) is 92.4 Å². The van der Waals surface area contributed by atoms with Gasteiger partial charge in [0, 0.05) is 18.0 Å². The van der Waals surface area contributed by atoms with Crippen molar-refractivity contribution in [3.8, 4) is 0 Å². The van der Waals surface area contributed by atoms with Gasteiger partial charge in [-0.15, -0.1) is 11.6 Å². The van der Waals surface area contributed by atoms with E-state index in [0.29, 0.717) is 18.0 Å². The minimum Gasteiger partial charge on any atom is -0.480 e. The number of nitrogens with two attached hydrogens (primary N) is 1. The summed E-state index contributed by atoms with van der Waals surface area (Å²) < 4.78 is 0. The molecule has 0 spiro atoms. The molecule has 0 aromatic heterocycles. The molecule has 1 unspecified atom stereocenters. The van der Waals surface area contributed by atoms with Crippen molar-refractivity contribution in [2.24, 2.45) is 5.73 Å². The van der Waals surface area contributed by atoms with Crippen molar-refractivity contribution in [3.63, 3.8) is 0 Å². The van der Waals surface area contributed by atoms with E-state index >= 15 is 0 Å². The summed E-state index contributed by atoms with van der Waals surface area (Å²) in [5.74, 6) is -0.425. The van der Waals surface area contributed by atoms with Crippen LogP contribution in [-0.2, 0) is 16.0 Å². The van der Waals surface area contributed by atoms with Crippen molar-refractivity contribution in [1.82, 2.24) is 0 Å². The molecular weight excluding hydrogens is 292 g/mol. The first-order valence-corrected chi connectivity index (χ1v) is 7.49. The largest absolute Gasteiger partial charge is 0.480 e. The van der Waals surface area contributed by atoms with Crippen LogP contribution in [0.5, 0.6) is 0 Å². The zero-order valence-corrected chi connectivity index (χ0v) is 12.6. The molecule has 1 rings (SSSR count). The third-order valence-electron chi connectivity index (χ3n) is 3.05. The van der Waals surface area contributed by atoms with Gasteiger partial charge in [-0.25, -0.2) is 0 Å². The summed E-state index contributed by atoms with van der Waals surface area (Å²) in [4.78, 5) is 22.4. The van der Waals surface area contributed by atoms with E-state index in [1.54, 1.807) is 24.3 Å². The van der Waals surface area contributed by atoms with Crippen LogP contribution in [-0.4, -0.2) is 28.9 Å². The molecule has 0 aliphatic carbocycles. The lowest BCUT2D eigenvalue weighted by Crippen LogP contribution is -2.32. The van der Waals surface area contributed by atoms with Gasteiger partial charge in [0.25, 0.3) is 0 Å². The Balaban J connectivity index is 2.40. The van der Waals surface area contributed by atoms with E-state index in [4.69, 9.17) is 22.4 Å². The molecule has 0 aliphatic rings. The fourth-order valence-corrected chi connectivity index (χ4v) is 2.03. The Morgan fingerprint density at radius 1 is 1.19 bits per heavy atom. The monoisotopic (exact) mass is 312 g/mol. The molecule has 0 radical (unpaired) electrons. The normalized spacial score (nSPS) is 11.9. The number of halogens is 1. The number of carboxylic acid groups (broad SMARTS) is 1. The summed E-state index contributed by atoms with van der Waals surface area (Å²) in [6, 6.07) is 6.13. The number of aliphatic carboxylic acids is 1. The number of hydrogen-bond donors (Lipinski definition) is 3. The fraction of sp³-hybridized carbons (Fsp3) is 0.467. The molecule has 0 fully saturated rings. The lowest BCUT2D eigenvalue weighted by atomic mass is 10.1. The zero-order chi connectivity index (χ0) is 15.7. The van der Waals surface area contributed by atoms with E-state index in [1.165, 1.54) is 0 Å². The predicted octanol–water partition coefficient (Wildman–Crippen LogP) is 2.38. The number of carboxylic acids is 1. The van der Waals surface area contributed by atoms with E-state index in [9.17, 15) is 9.59 Å². The summed E-state index contributed by atoms with van der Waals surface area (Å²) in [5, 5.41) is 11.5. The third kappa shape index (κ3) is 7.11. The molecule has 1 amide bonds. The molecule has 0 bridgehead atoms. The number of anilines is 1. The van der Waals surface area contributed by atoms with Crippen LogP contribution in [0.4, 0.5) is 5.69 Å². The third-order valence-corrected chi connectivity index (χ3v) is 3.32. The van der Waals surface area contributed by atoms with E-state index in [0.717, 1.165) is 24.8 Å². The summed E-state index contributed by atoms with van der Waals surface area (Å²) in [7, 11) is 0. The Hall–Kier alpha value is -1.59. The van der Waals surface area contributed by atoms with Crippen molar-refractivity contribution in [3.05, 3.63) is 29.8 Å².